The lowest BCUT2D eigenvalue weighted by Gasteiger charge is -2.66. The summed E-state index contributed by atoms with van der Waals surface area (Å²) in [6.45, 7) is 6.09. The van der Waals surface area contributed by atoms with E-state index in [4.69, 9.17) is 4.74 Å². The molecule has 4 aliphatic rings. The number of carbonyl (C=O) groups excluding carboxylic acids is 1. The highest BCUT2D eigenvalue weighted by Crippen LogP contribution is 2.62. The van der Waals surface area contributed by atoms with Crippen molar-refractivity contribution in [1.29, 1.82) is 0 Å². The molecule has 1 aliphatic heterocycles. The number of carbonyl (C=O) groups is 1. The van der Waals surface area contributed by atoms with Gasteiger partial charge < -0.3 is 35.4 Å². The van der Waals surface area contributed by atoms with Crippen molar-refractivity contribution in [3.63, 3.8) is 0 Å². The van der Waals surface area contributed by atoms with Crippen molar-refractivity contribution in [2.45, 2.75) is 82.3 Å². The van der Waals surface area contributed by atoms with Crippen molar-refractivity contribution in [3.8, 4) is 0 Å². The molecule has 1 heterocycles. The summed E-state index contributed by atoms with van der Waals surface area (Å²) in [5.41, 5.74) is -6.01. The van der Waals surface area contributed by atoms with Crippen LogP contribution < -0.4 is 0 Å². The Morgan fingerprint density at radius 1 is 1.07 bits per heavy atom. The van der Waals surface area contributed by atoms with Crippen LogP contribution in [0.3, 0.4) is 0 Å². The van der Waals surface area contributed by atoms with E-state index in [2.05, 4.69) is 0 Å². The van der Waals surface area contributed by atoms with Crippen molar-refractivity contribution >= 4 is 5.78 Å². The summed E-state index contributed by atoms with van der Waals surface area (Å²) in [6, 6.07) is 0. The molecule has 158 valence electrons. The topological polar surface area (TPSA) is 148 Å². The number of rotatable bonds is 0. The summed E-state index contributed by atoms with van der Waals surface area (Å²) in [4.78, 5) is 13.5. The van der Waals surface area contributed by atoms with Crippen LogP contribution in [0.2, 0.25) is 0 Å². The van der Waals surface area contributed by atoms with E-state index in [1.54, 1.807) is 20.8 Å². The lowest BCUT2D eigenvalue weighted by molar-refractivity contribution is -0.344. The summed E-state index contributed by atoms with van der Waals surface area (Å²) in [7, 11) is 0. The Morgan fingerprint density at radius 2 is 1.68 bits per heavy atom. The van der Waals surface area contributed by atoms with Crippen molar-refractivity contribution in [2.75, 3.05) is 6.61 Å². The number of fused-ring (bicyclic) bond motifs is 5. The van der Waals surface area contributed by atoms with E-state index in [9.17, 15) is 35.4 Å². The third kappa shape index (κ3) is 2.02. The van der Waals surface area contributed by atoms with Gasteiger partial charge in [0, 0.05) is 24.2 Å². The second-order valence-corrected chi connectivity index (χ2v) is 9.88. The first-order valence-electron chi connectivity index (χ1n) is 9.78. The number of hydrogen-bond donors (Lipinski definition) is 6. The quantitative estimate of drug-likeness (QED) is 0.274. The van der Waals surface area contributed by atoms with Crippen LogP contribution in [0.5, 0.6) is 0 Å². The van der Waals surface area contributed by atoms with E-state index in [-0.39, 0.29) is 25.0 Å². The second-order valence-electron chi connectivity index (χ2n) is 9.88. The maximum Gasteiger partial charge on any atom is 0.174 e. The normalized spacial score (nSPS) is 55.6. The minimum Gasteiger partial charge on any atom is -0.392 e. The Balaban J connectivity index is 2.01. The SMILES string of the molecule is CC1=C2[C@@H](O)C(=O)[C@@]3(C)[C@H]([C@H](O)[C@](O)(C[C@@H]1O)C2(C)C)[C@]1(O)CO[C@@H]1C[C@@H]3O. The van der Waals surface area contributed by atoms with E-state index in [1.807, 2.05) is 0 Å². The molecule has 8 nitrogen and oxygen atoms in total. The summed E-state index contributed by atoms with van der Waals surface area (Å²) >= 11 is 0. The molecule has 0 unspecified atom stereocenters. The van der Waals surface area contributed by atoms with Crippen LogP contribution in [0.25, 0.3) is 0 Å². The predicted octanol–water partition coefficient (Wildman–Crippen LogP) is -1.35. The molecule has 9 atom stereocenters. The summed E-state index contributed by atoms with van der Waals surface area (Å²) < 4.78 is 5.38. The van der Waals surface area contributed by atoms with Gasteiger partial charge in [0.05, 0.1) is 36.4 Å². The zero-order valence-electron chi connectivity index (χ0n) is 16.6. The first kappa shape index (κ1) is 20.4. The van der Waals surface area contributed by atoms with E-state index in [0.717, 1.165) is 0 Å². The lowest BCUT2D eigenvalue weighted by atomic mass is 9.45. The molecule has 28 heavy (non-hydrogen) atoms. The van der Waals surface area contributed by atoms with Crippen LogP contribution in [-0.4, -0.2) is 84.8 Å². The molecular weight excluding hydrogens is 368 g/mol. The smallest absolute Gasteiger partial charge is 0.174 e. The zero-order chi connectivity index (χ0) is 21.0. The van der Waals surface area contributed by atoms with Crippen LogP contribution in [-0.2, 0) is 9.53 Å². The maximum atomic E-state index is 13.5. The minimum atomic E-state index is -1.94. The fourth-order valence-corrected chi connectivity index (χ4v) is 6.38. The van der Waals surface area contributed by atoms with Gasteiger partial charge in [0.25, 0.3) is 0 Å². The maximum absolute atomic E-state index is 13.5. The van der Waals surface area contributed by atoms with Crippen LogP contribution in [0.1, 0.15) is 40.5 Å². The average molecular weight is 398 g/mol. The molecule has 0 aromatic rings. The third-order valence-corrected chi connectivity index (χ3v) is 8.43. The van der Waals surface area contributed by atoms with Crippen molar-refractivity contribution in [3.05, 3.63) is 11.1 Å². The summed E-state index contributed by atoms with van der Waals surface area (Å²) in [5, 5.41) is 66.8. The molecule has 0 spiro atoms. The van der Waals surface area contributed by atoms with Crippen molar-refractivity contribution < 1.29 is 40.2 Å². The summed E-state index contributed by atoms with van der Waals surface area (Å²) in [5.74, 6) is -2.01. The number of Topliss-reactive ketones (excluding diaryl/α,β-unsaturated/α-hetero) is 1. The van der Waals surface area contributed by atoms with Gasteiger partial charge in [0.2, 0.25) is 0 Å². The fourth-order valence-electron chi connectivity index (χ4n) is 6.38. The number of ether oxygens (including phenoxy) is 1. The molecule has 1 saturated heterocycles. The van der Waals surface area contributed by atoms with E-state index < -0.39 is 64.3 Å². The van der Waals surface area contributed by atoms with Gasteiger partial charge in [0.1, 0.15) is 17.3 Å². The van der Waals surface area contributed by atoms with E-state index in [0.29, 0.717) is 5.57 Å². The first-order chi connectivity index (χ1) is 12.7. The monoisotopic (exact) mass is 398 g/mol. The Morgan fingerprint density at radius 3 is 2.21 bits per heavy atom. The molecule has 2 saturated carbocycles. The highest BCUT2D eigenvalue weighted by Gasteiger charge is 2.74. The molecule has 6 N–H and O–H groups in total. The third-order valence-electron chi connectivity index (χ3n) is 8.43. The van der Waals surface area contributed by atoms with Gasteiger partial charge in [-0.1, -0.05) is 13.8 Å². The summed E-state index contributed by atoms with van der Waals surface area (Å²) in [6.07, 6.45) is -6.79. The van der Waals surface area contributed by atoms with Crippen molar-refractivity contribution in [1.82, 2.24) is 0 Å². The molecule has 0 radical (unpaired) electrons. The first-order valence-corrected chi connectivity index (χ1v) is 9.78. The Bertz CT molecular complexity index is 761. The number of aliphatic hydroxyl groups is 6. The minimum absolute atomic E-state index is 0.0167. The zero-order valence-corrected chi connectivity index (χ0v) is 16.6. The van der Waals surface area contributed by atoms with Gasteiger partial charge in [-0.25, -0.2) is 0 Å². The molecule has 0 aromatic carbocycles. The van der Waals surface area contributed by atoms with Crippen LogP contribution in [0.15, 0.2) is 11.1 Å². The Kier molecular flexibility index (Phi) is 4.10. The fraction of sp³-hybridized carbons (Fsp3) is 0.850. The van der Waals surface area contributed by atoms with E-state index >= 15 is 0 Å². The van der Waals surface area contributed by atoms with Gasteiger partial charge in [-0.05, 0) is 25.0 Å². The molecule has 4 rings (SSSR count). The van der Waals surface area contributed by atoms with Gasteiger partial charge in [-0.3, -0.25) is 4.79 Å². The number of ketones is 1. The molecule has 2 bridgehead atoms. The number of hydrogen-bond acceptors (Lipinski definition) is 8. The van der Waals surface area contributed by atoms with Gasteiger partial charge >= 0.3 is 0 Å². The average Bonchev–Trinajstić information content (AvgIpc) is 2.60. The molecule has 0 amide bonds. The highest BCUT2D eigenvalue weighted by molar-refractivity contribution is 5.93. The van der Waals surface area contributed by atoms with Crippen molar-refractivity contribution in [2.24, 2.45) is 16.7 Å². The standard InChI is InChI=1S/C20H30O8/c1-8-9(21)6-20(27)16(25)14-18(4,10(22)5-11-19(14,26)7-28-11)15(24)13(23)12(8)17(20,2)3/h9-11,13-14,16,21-23,25-27H,5-7H2,1-4H3/t9-,10-,11+,13+,14-,16-,18+,19-,20+/m0/s1. The molecule has 0 aromatic heterocycles. The predicted molar refractivity (Wildman–Crippen MR) is 96.0 cm³/mol. The second kappa shape index (κ2) is 5.63. The molecular formula is C20H30O8. The highest BCUT2D eigenvalue weighted by atomic mass is 16.6. The van der Waals surface area contributed by atoms with Gasteiger partial charge in [-0.15, -0.1) is 0 Å². The molecule has 8 heteroatoms. The number of aliphatic hydroxyl groups excluding tert-OH is 4. The van der Waals surface area contributed by atoms with Gasteiger partial charge in [-0.2, -0.15) is 0 Å². The van der Waals surface area contributed by atoms with Gasteiger partial charge in [0.15, 0.2) is 5.78 Å². The van der Waals surface area contributed by atoms with Crippen LogP contribution in [0.4, 0.5) is 0 Å². The lowest BCUT2D eigenvalue weighted by Crippen LogP contribution is -2.80. The van der Waals surface area contributed by atoms with Crippen LogP contribution in [0, 0.1) is 16.7 Å². The molecule has 3 aliphatic carbocycles. The molecule has 3 fully saturated rings. The Hall–Kier alpha value is -0.870. The van der Waals surface area contributed by atoms with Crippen LogP contribution >= 0.6 is 0 Å². The largest absolute Gasteiger partial charge is 0.392 e. The van der Waals surface area contributed by atoms with E-state index in [1.165, 1.54) is 6.92 Å². The Labute approximate surface area is 163 Å².